The fraction of sp³-hybridized carbons (Fsp3) is 0.235. The van der Waals surface area contributed by atoms with Gasteiger partial charge in [0.25, 0.3) is 0 Å². The van der Waals surface area contributed by atoms with Crippen LogP contribution in [0.25, 0.3) is 11.1 Å². The molecule has 0 aromatic heterocycles. The van der Waals surface area contributed by atoms with E-state index < -0.39 is 5.97 Å². The van der Waals surface area contributed by atoms with Gasteiger partial charge < -0.3 is 18.9 Å². The van der Waals surface area contributed by atoms with Crippen LogP contribution in [0.3, 0.4) is 0 Å². The van der Waals surface area contributed by atoms with Crippen LogP contribution >= 0.6 is 0 Å². The summed E-state index contributed by atoms with van der Waals surface area (Å²) in [5.74, 6) is 0.740. The lowest BCUT2D eigenvalue weighted by Crippen LogP contribution is -2.07. The number of carbonyl (C=O) groups excluding carboxylic acids is 1. The lowest BCUT2D eigenvalue weighted by molar-refractivity contribution is 0.0465. The summed E-state index contributed by atoms with van der Waals surface area (Å²) in [6, 6.07) is 12.9. The van der Waals surface area contributed by atoms with E-state index in [4.69, 9.17) is 18.9 Å². The molecule has 2 rings (SSSR count). The number of hydrogen-bond donors (Lipinski definition) is 0. The summed E-state index contributed by atoms with van der Waals surface area (Å²) in [4.78, 5) is 11.9. The maximum atomic E-state index is 11.9. The van der Waals surface area contributed by atoms with Gasteiger partial charge in [0.2, 0.25) is 0 Å². The summed E-state index contributed by atoms with van der Waals surface area (Å²) >= 11 is 0. The molecule has 0 aliphatic heterocycles. The number of rotatable bonds is 6. The number of benzene rings is 2. The monoisotopic (exact) mass is 302 g/mol. The third-order valence-corrected chi connectivity index (χ3v) is 3.14. The van der Waals surface area contributed by atoms with Crippen molar-refractivity contribution < 1.29 is 23.7 Å². The average molecular weight is 302 g/mol. The van der Waals surface area contributed by atoms with E-state index in [9.17, 15) is 4.79 Å². The van der Waals surface area contributed by atoms with Crippen LogP contribution in [-0.2, 0) is 9.47 Å². The first-order valence-corrected chi connectivity index (χ1v) is 6.68. The van der Waals surface area contributed by atoms with Crippen molar-refractivity contribution in [2.24, 2.45) is 0 Å². The van der Waals surface area contributed by atoms with E-state index in [0.717, 1.165) is 16.9 Å². The molecular weight excluding hydrogens is 284 g/mol. The highest BCUT2D eigenvalue weighted by atomic mass is 16.7. The van der Waals surface area contributed by atoms with E-state index in [1.165, 1.54) is 14.2 Å². The summed E-state index contributed by atoms with van der Waals surface area (Å²) in [7, 11) is 4.47. The van der Waals surface area contributed by atoms with Crippen LogP contribution in [0, 0.1) is 0 Å². The van der Waals surface area contributed by atoms with Crippen LogP contribution in [0.2, 0.25) is 0 Å². The molecule has 0 atom stereocenters. The van der Waals surface area contributed by atoms with Gasteiger partial charge in [-0.3, -0.25) is 0 Å². The molecule has 22 heavy (non-hydrogen) atoms. The van der Waals surface area contributed by atoms with Crippen molar-refractivity contribution in [3.63, 3.8) is 0 Å². The van der Waals surface area contributed by atoms with Crippen molar-refractivity contribution in [3.8, 4) is 22.6 Å². The number of ether oxygens (including phenoxy) is 4. The van der Waals surface area contributed by atoms with Crippen molar-refractivity contribution in [1.82, 2.24) is 0 Å². The molecule has 0 radical (unpaired) electrons. The van der Waals surface area contributed by atoms with Crippen molar-refractivity contribution in [2.45, 2.75) is 0 Å². The largest absolute Gasteiger partial charge is 0.497 e. The molecule has 5 heteroatoms. The zero-order valence-corrected chi connectivity index (χ0v) is 12.8. The Morgan fingerprint density at radius 3 is 2.23 bits per heavy atom. The molecule has 0 saturated carbocycles. The fourth-order valence-electron chi connectivity index (χ4n) is 2.01. The SMILES string of the molecule is COCOc1ccc(-c2ccc(OC)cc2)cc1C(=O)OC. The van der Waals surface area contributed by atoms with Crippen LogP contribution in [0.4, 0.5) is 0 Å². The van der Waals surface area contributed by atoms with Gasteiger partial charge in [0.15, 0.2) is 6.79 Å². The van der Waals surface area contributed by atoms with Gasteiger partial charge in [0.1, 0.15) is 17.1 Å². The second kappa shape index (κ2) is 7.47. The van der Waals surface area contributed by atoms with Crippen LogP contribution in [-0.4, -0.2) is 34.1 Å². The van der Waals surface area contributed by atoms with E-state index in [1.54, 1.807) is 19.2 Å². The molecule has 116 valence electrons. The molecule has 0 bridgehead atoms. The first kappa shape index (κ1) is 15.9. The van der Waals surface area contributed by atoms with E-state index in [2.05, 4.69) is 0 Å². The molecule has 0 aliphatic rings. The minimum absolute atomic E-state index is 0.0614. The molecule has 0 spiro atoms. The van der Waals surface area contributed by atoms with Crippen molar-refractivity contribution in [2.75, 3.05) is 28.1 Å². The third kappa shape index (κ3) is 3.56. The number of esters is 1. The third-order valence-electron chi connectivity index (χ3n) is 3.14. The fourth-order valence-corrected chi connectivity index (χ4v) is 2.01. The predicted molar refractivity (Wildman–Crippen MR) is 82.3 cm³/mol. The van der Waals surface area contributed by atoms with Crippen LogP contribution in [0.1, 0.15) is 10.4 Å². The Labute approximate surface area is 129 Å². The molecule has 0 aliphatic carbocycles. The predicted octanol–water partition coefficient (Wildman–Crippen LogP) is 3.13. The van der Waals surface area contributed by atoms with E-state index in [1.807, 2.05) is 30.3 Å². The van der Waals surface area contributed by atoms with Gasteiger partial charge in [-0.05, 0) is 35.4 Å². The Bertz CT molecular complexity index is 634. The lowest BCUT2D eigenvalue weighted by atomic mass is 10.0. The second-order valence-electron chi connectivity index (χ2n) is 4.48. The zero-order valence-electron chi connectivity index (χ0n) is 12.8. The molecule has 0 amide bonds. The minimum Gasteiger partial charge on any atom is -0.497 e. The Morgan fingerprint density at radius 1 is 0.955 bits per heavy atom. The first-order valence-electron chi connectivity index (χ1n) is 6.68. The molecule has 0 saturated heterocycles. The Kier molecular flexibility index (Phi) is 5.38. The highest BCUT2D eigenvalue weighted by Crippen LogP contribution is 2.28. The average Bonchev–Trinajstić information content (AvgIpc) is 2.59. The molecule has 0 fully saturated rings. The molecule has 0 unspecified atom stereocenters. The summed E-state index contributed by atoms with van der Waals surface area (Å²) in [6.07, 6.45) is 0. The molecular formula is C17H18O5. The first-order chi connectivity index (χ1) is 10.7. The van der Waals surface area contributed by atoms with Crippen LogP contribution in [0.5, 0.6) is 11.5 Å². The molecule has 5 nitrogen and oxygen atoms in total. The van der Waals surface area contributed by atoms with E-state index in [0.29, 0.717) is 11.3 Å². The summed E-state index contributed by atoms with van der Waals surface area (Å²) in [6.45, 7) is 0.0614. The summed E-state index contributed by atoms with van der Waals surface area (Å²) in [5.41, 5.74) is 2.20. The minimum atomic E-state index is -0.457. The Morgan fingerprint density at radius 2 is 1.64 bits per heavy atom. The van der Waals surface area contributed by atoms with Crippen molar-refractivity contribution >= 4 is 5.97 Å². The van der Waals surface area contributed by atoms with Gasteiger partial charge in [0, 0.05) is 7.11 Å². The summed E-state index contributed by atoms with van der Waals surface area (Å²) in [5, 5.41) is 0. The standard InChI is InChI=1S/C17H18O5/c1-19-11-22-16-9-6-13(10-15(16)17(18)21-3)12-4-7-14(20-2)8-5-12/h4-10H,11H2,1-3H3. The van der Waals surface area contributed by atoms with Gasteiger partial charge in [0.05, 0.1) is 14.2 Å². The Balaban J connectivity index is 2.38. The van der Waals surface area contributed by atoms with Gasteiger partial charge in [-0.15, -0.1) is 0 Å². The van der Waals surface area contributed by atoms with Crippen LogP contribution < -0.4 is 9.47 Å². The van der Waals surface area contributed by atoms with Gasteiger partial charge in [-0.1, -0.05) is 18.2 Å². The zero-order chi connectivity index (χ0) is 15.9. The number of methoxy groups -OCH3 is 3. The molecule has 0 heterocycles. The highest BCUT2D eigenvalue weighted by Gasteiger charge is 2.15. The van der Waals surface area contributed by atoms with E-state index >= 15 is 0 Å². The van der Waals surface area contributed by atoms with Gasteiger partial charge in [-0.25, -0.2) is 4.79 Å². The molecule has 2 aromatic rings. The normalized spacial score (nSPS) is 10.1. The maximum absolute atomic E-state index is 11.9. The van der Waals surface area contributed by atoms with Crippen LogP contribution in [0.15, 0.2) is 42.5 Å². The lowest BCUT2D eigenvalue weighted by Gasteiger charge is -2.11. The van der Waals surface area contributed by atoms with Gasteiger partial charge >= 0.3 is 5.97 Å². The van der Waals surface area contributed by atoms with Crippen molar-refractivity contribution in [1.29, 1.82) is 0 Å². The topological polar surface area (TPSA) is 54.0 Å². The number of carbonyl (C=O) groups is 1. The number of hydrogen-bond acceptors (Lipinski definition) is 5. The summed E-state index contributed by atoms with van der Waals surface area (Å²) < 4.78 is 20.2. The molecule has 0 N–H and O–H groups in total. The second-order valence-corrected chi connectivity index (χ2v) is 4.48. The van der Waals surface area contributed by atoms with E-state index in [-0.39, 0.29) is 6.79 Å². The Hall–Kier alpha value is -2.53. The molecule has 2 aromatic carbocycles. The van der Waals surface area contributed by atoms with Gasteiger partial charge in [-0.2, -0.15) is 0 Å². The maximum Gasteiger partial charge on any atom is 0.341 e. The smallest absolute Gasteiger partial charge is 0.341 e. The highest BCUT2D eigenvalue weighted by molar-refractivity contribution is 5.94. The quantitative estimate of drug-likeness (QED) is 0.606. The van der Waals surface area contributed by atoms with Crippen molar-refractivity contribution in [3.05, 3.63) is 48.0 Å².